The number of fused-ring (bicyclic) bond motifs is 1. The number of hydrogen-bond donors (Lipinski definition) is 1. The fourth-order valence-electron chi connectivity index (χ4n) is 2.09. The highest BCUT2D eigenvalue weighted by atomic mass is 16.3. The summed E-state index contributed by atoms with van der Waals surface area (Å²) in [5, 5.41) is 3.53. The fourth-order valence-corrected chi connectivity index (χ4v) is 2.09. The summed E-state index contributed by atoms with van der Waals surface area (Å²) in [5.41, 5.74) is 1.40. The Hall–Kier alpha value is -0.760. The first-order chi connectivity index (χ1) is 6.81. The van der Waals surface area contributed by atoms with Crippen LogP contribution in [-0.4, -0.2) is 6.54 Å². The first kappa shape index (κ1) is 9.78. The molecule has 0 amide bonds. The second kappa shape index (κ2) is 4.18. The van der Waals surface area contributed by atoms with E-state index < -0.39 is 0 Å². The highest BCUT2D eigenvalue weighted by Crippen LogP contribution is 2.29. The molecular formula is C12H19NO. The third-order valence-electron chi connectivity index (χ3n) is 3.22. The number of nitrogens with one attached hydrogen (secondary N) is 1. The molecule has 0 aliphatic carbocycles. The third kappa shape index (κ3) is 1.85. The van der Waals surface area contributed by atoms with Crippen molar-refractivity contribution in [2.45, 2.75) is 39.2 Å². The van der Waals surface area contributed by atoms with Crippen molar-refractivity contribution in [3.05, 3.63) is 23.7 Å². The fraction of sp³-hybridized carbons (Fsp3) is 0.667. The van der Waals surface area contributed by atoms with Crippen LogP contribution in [0.4, 0.5) is 0 Å². The van der Waals surface area contributed by atoms with E-state index in [-0.39, 0.29) is 0 Å². The van der Waals surface area contributed by atoms with Crippen LogP contribution in [-0.2, 0) is 6.42 Å². The average molecular weight is 193 g/mol. The van der Waals surface area contributed by atoms with E-state index in [9.17, 15) is 0 Å². The maximum absolute atomic E-state index is 5.55. The van der Waals surface area contributed by atoms with Gasteiger partial charge in [-0.2, -0.15) is 0 Å². The Labute approximate surface area is 85.7 Å². The number of rotatable bonds is 3. The summed E-state index contributed by atoms with van der Waals surface area (Å²) >= 11 is 0. The van der Waals surface area contributed by atoms with Crippen LogP contribution in [0.1, 0.15) is 44.1 Å². The topological polar surface area (TPSA) is 25.2 Å². The van der Waals surface area contributed by atoms with Crippen LogP contribution >= 0.6 is 0 Å². The molecule has 2 atom stereocenters. The normalized spacial score (nSPS) is 23.1. The Morgan fingerprint density at radius 3 is 3.29 bits per heavy atom. The van der Waals surface area contributed by atoms with E-state index in [1.54, 1.807) is 0 Å². The zero-order valence-electron chi connectivity index (χ0n) is 9.05. The van der Waals surface area contributed by atoms with Crippen molar-refractivity contribution in [2.75, 3.05) is 6.54 Å². The van der Waals surface area contributed by atoms with Crippen molar-refractivity contribution < 1.29 is 4.42 Å². The Kier molecular flexibility index (Phi) is 2.92. The average Bonchev–Trinajstić information content (AvgIpc) is 2.66. The van der Waals surface area contributed by atoms with Gasteiger partial charge in [-0.1, -0.05) is 20.3 Å². The minimum Gasteiger partial charge on any atom is -0.467 e. The third-order valence-corrected chi connectivity index (χ3v) is 3.22. The van der Waals surface area contributed by atoms with Crippen LogP contribution in [0.15, 0.2) is 16.7 Å². The lowest BCUT2D eigenvalue weighted by Crippen LogP contribution is -2.30. The van der Waals surface area contributed by atoms with Crippen LogP contribution in [0.5, 0.6) is 0 Å². The lowest BCUT2D eigenvalue weighted by atomic mass is 9.93. The lowest BCUT2D eigenvalue weighted by molar-refractivity contribution is 0.332. The summed E-state index contributed by atoms with van der Waals surface area (Å²) < 4.78 is 5.55. The molecule has 0 spiro atoms. The van der Waals surface area contributed by atoms with Crippen molar-refractivity contribution in [3.8, 4) is 0 Å². The Bertz CT molecular complexity index is 292. The molecule has 2 nitrogen and oxygen atoms in total. The molecule has 14 heavy (non-hydrogen) atoms. The molecule has 78 valence electrons. The minimum absolute atomic E-state index is 0.448. The predicted molar refractivity (Wildman–Crippen MR) is 57.2 cm³/mol. The van der Waals surface area contributed by atoms with E-state index in [2.05, 4.69) is 25.2 Å². The van der Waals surface area contributed by atoms with E-state index in [0.717, 1.165) is 18.9 Å². The molecular weight excluding hydrogens is 174 g/mol. The second-order valence-electron chi connectivity index (χ2n) is 4.32. The van der Waals surface area contributed by atoms with Gasteiger partial charge in [0.05, 0.1) is 12.3 Å². The molecule has 1 aliphatic rings. The highest BCUT2D eigenvalue weighted by molar-refractivity contribution is 5.23. The van der Waals surface area contributed by atoms with Gasteiger partial charge < -0.3 is 9.73 Å². The van der Waals surface area contributed by atoms with E-state index in [4.69, 9.17) is 4.42 Å². The molecule has 0 fully saturated rings. The van der Waals surface area contributed by atoms with Crippen LogP contribution in [0.3, 0.4) is 0 Å². The van der Waals surface area contributed by atoms with Gasteiger partial charge in [0.25, 0.3) is 0 Å². The Morgan fingerprint density at radius 1 is 1.64 bits per heavy atom. The molecule has 2 heteroatoms. The van der Waals surface area contributed by atoms with Crippen molar-refractivity contribution in [1.82, 2.24) is 5.32 Å². The zero-order valence-corrected chi connectivity index (χ0v) is 9.05. The first-order valence-corrected chi connectivity index (χ1v) is 5.61. The molecule has 1 aliphatic heterocycles. The molecule has 0 radical (unpaired) electrons. The van der Waals surface area contributed by atoms with E-state index in [1.165, 1.54) is 24.2 Å². The van der Waals surface area contributed by atoms with Crippen LogP contribution in [0.2, 0.25) is 0 Å². The predicted octanol–water partition coefficient (Wildman–Crippen LogP) is 2.90. The van der Waals surface area contributed by atoms with Gasteiger partial charge in [0.1, 0.15) is 5.76 Å². The molecule has 2 rings (SSSR count). The van der Waals surface area contributed by atoms with Crippen molar-refractivity contribution >= 4 is 0 Å². The molecule has 1 aromatic rings. The molecule has 0 bridgehead atoms. The maximum Gasteiger partial charge on any atom is 0.123 e. The van der Waals surface area contributed by atoms with E-state index in [0.29, 0.717) is 6.04 Å². The molecule has 2 heterocycles. The summed E-state index contributed by atoms with van der Waals surface area (Å²) in [4.78, 5) is 0. The monoisotopic (exact) mass is 193 g/mol. The summed E-state index contributed by atoms with van der Waals surface area (Å²) in [6.45, 7) is 5.64. The quantitative estimate of drug-likeness (QED) is 0.798. The Morgan fingerprint density at radius 2 is 2.50 bits per heavy atom. The van der Waals surface area contributed by atoms with Crippen molar-refractivity contribution in [2.24, 2.45) is 5.92 Å². The SMILES string of the molecule is CCC(C)CC1NCCc2ccoc21. The highest BCUT2D eigenvalue weighted by Gasteiger charge is 2.23. The molecule has 1 aromatic heterocycles. The molecule has 0 saturated heterocycles. The van der Waals surface area contributed by atoms with E-state index >= 15 is 0 Å². The first-order valence-electron chi connectivity index (χ1n) is 5.61. The van der Waals surface area contributed by atoms with Gasteiger partial charge in [-0.15, -0.1) is 0 Å². The standard InChI is InChI=1S/C12H19NO/c1-3-9(2)8-11-12-10(4-6-13-11)5-7-14-12/h5,7,9,11,13H,3-4,6,8H2,1-2H3. The van der Waals surface area contributed by atoms with Crippen LogP contribution < -0.4 is 5.32 Å². The summed E-state index contributed by atoms with van der Waals surface area (Å²) in [6, 6.07) is 2.56. The largest absolute Gasteiger partial charge is 0.467 e. The maximum atomic E-state index is 5.55. The van der Waals surface area contributed by atoms with Gasteiger partial charge in [0.15, 0.2) is 0 Å². The van der Waals surface area contributed by atoms with Crippen molar-refractivity contribution in [3.63, 3.8) is 0 Å². The van der Waals surface area contributed by atoms with Crippen molar-refractivity contribution in [1.29, 1.82) is 0 Å². The van der Waals surface area contributed by atoms with Gasteiger partial charge >= 0.3 is 0 Å². The zero-order chi connectivity index (χ0) is 9.97. The Balaban J connectivity index is 2.08. The second-order valence-corrected chi connectivity index (χ2v) is 4.32. The molecule has 2 unspecified atom stereocenters. The molecule has 1 N–H and O–H groups in total. The smallest absolute Gasteiger partial charge is 0.123 e. The lowest BCUT2D eigenvalue weighted by Gasteiger charge is -2.24. The van der Waals surface area contributed by atoms with E-state index in [1.807, 2.05) is 6.26 Å². The van der Waals surface area contributed by atoms with Gasteiger partial charge in [0, 0.05) is 0 Å². The number of furan rings is 1. The van der Waals surface area contributed by atoms with Crippen LogP contribution in [0, 0.1) is 5.92 Å². The van der Waals surface area contributed by atoms with Gasteiger partial charge in [-0.25, -0.2) is 0 Å². The van der Waals surface area contributed by atoms with Gasteiger partial charge in [0.2, 0.25) is 0 Å². The van der Waals surface area contributed by atoms with Crippen LogP contribution in [0.25, 0.3) is 0 Å². The molecule has 0 saturated carbocycles. The summed E-state index contributed by atoms with van der Waals surface area (Å²) in [5.74, 6) is 1.94. The summed E-state index contributed by atoms with van der Waals surface area (Å²) in [6.07, 6.45) is 5.37. The van der Waals surface area contributed by atoms with Gasteiger partial charge in [-0.3, -0.25) is 0 Å². The molecule has 0 aromatic carbocycles. The minimum atomic E-state index is 0.448. The summed E-state index contributed by atoms with van der Waals surface area (Å²) in [7, 11) is 0. The van der Waals surface area contributed by atoms with Gasteiger partial charge in [-0.05, 0) is 36.9 Å². The number of hydrogen-bond acceptors (Lipinski definition) is 2.